The summed E-state index contributed by atoms with van der Waals surface area (Å²) in [5.74, 6) is 1.67. The second-order valence-corrected chi connectivity index (χ2v) is 18.7. The fraction of sp³-hybridized carbons (Fsp3) is 0.323. The zero-order chi connectivity index (χ0) is 46.5. The van der Waals surface area contributed by atoms with Crippen LogP contribution in [0.5, 0.6) is 11.5 Å². The maximum absolute atomic E-state index is 6.60. The van der Waals surface area contributed by atoms with E-state index >= 15 is 0 Å². The van der Waals surface area contributed by atoms with Crippen molar-refractivity contribution < 1.29 is 19.1 Å². The molecule has 0 aliphatic rings. The normalized spacial score (nSPS) is 11.8. The summed E-state index contributed by atoms with van der Waals surface area (Å²) in [7, 11) is 0. The molecule has 7 nitrogen and oxygen atoms in total. The predicted octanol–water partition coefficient (Wildman–Crippen LogP) is 16.3. The van der Waals surface area contributed by atoms with Gasteiger partial charge in [-0.15, -0.1) is 0 Å². The summed E-state index contributed by atoms with van der Waals surface area (Å²) in [6.07, 6.45) is 18.9. The van der Waals surface area contributed by atoms with Gasteiger partial charge < -0.3 is 23.7 Å². The van der Waals surface area contributed by atoms with E-state index in [0.29, 0.717) is 13.2 Å². The van der Waals surface area contributed by atoms with Crippen molar-refractivity contribution in [3.05, 3.63) is 164 Å². The smallest absolute Gasteiger partial charge is 0.163 e. The van der Waals surface area contributed by atoms with Gasteiger partial charge in [0.25, 0.3) is 0 Å². The monoisotopic (exact) mass is 918 g/mol. The van der Waals surface area contributed by atoms with Crippen molar-refractivity contribution in [2.45, 2.75) is 103 Å². The van der Waals surface area contributed by atoms with E-state index in [1.165, 1.54) is 114 Å². The van der Waals surface area contributed by atoms with Crippen LogP contribution in [0.15, 0.2) is 164 Å². The lowest BCUT2D eigenvalue weighted by molar-refractivity contribution is 0.125. The van der Waals surface area contributed by atoms with Crippen LogP contribution in [0.3, 0.4) is 0 Å². The molecule has 0 bridgehead atoms. The minimum absolute atomic E-state index is 0.680. The van der Waals surface area contributed by atoms with E-state index in [1.807, 2.05) is 9.46 Å². The average Bonchev–Trinajstić information content (AvgIpc) is 4.03. The van der Waals surface area contributed by atoms with Gasteiger partial charge >= 0.3 is 0 Å². The fourth-order valence-electron chi connectivity index (χ4n) is 10.3. The van der Waals surface area contributed by atoms with E-state index in [2.05, 4.69) is 168 Å². The Hall–Kier alpha value is -6.86. The highest BCUT2D eigenvalue weighted by Crippen LogP contribution is 2.36. The van der Waals surface area contributed by atoms with E-state index in [1.54, 1.807) is 0 Å². The van der Waals surface area contributed by atoms with Gasteiger partial charge in [-0.05, 0) is 87.1 Å². The Morgan fingerprint density at radius 2 is 0.551 bits per heavy atom. The molecule has 0 amide bonds. The first-order valence-electron chi connectivity index (χ1n) is 25.9. The molecule has 7 aromatic carbocycles. The summed E-state index contributed by atoms with van der Waals surface area (Å²) in [6.45, 7) is 2.83. The summed E-state index contributed by atoms with van der Waals surface area (Å²) in [6, 6.07) is 57.9. The Morgan fingerprint density at radius 1 is 0.261 bits per heavy atom. The molecule has 0 N–H and O–H groups in total. The lowest BCUT2D eigenvalue weighted by Gasteiger charge is -2.16. The van der Waals surface area contributed by atoms with Gasteiger partial charge in [-0.1, -0.05) is 173 Å². The number of benzene rings is 7. The summed E-state index contributed by atoms with van der Waals surface area (Å²) in [5.41, 5.74) is 8.04. The van der Waals surface area contributed by atoms with E-state index in [0.717, 1.165) is 84.6 Å². The number of fused-ring (bicyclic) bond motifs is 9. The molecule has 0 fully saturated rings. The number of nitrogens with zero attached hydrogens (tertiary/aromatic N) is 3. The molecule has 3 aromatic heterocycles. The number of rotatable bonds is 27. The van der Waals surface area contributed by atoms with Crippen LogP contribution in [0.4, 0.5) is 0 Å². The minimum Gasteiger partial charge on any atom is -0.490 e. The van der Waals surface area contributed by atoms with Crippen LogP contribution in [-0.2, 0) is 0 Å². The van der Waals surface area contributed by atoms with Crippen molar-refractivity contribution >= 4 is 65.4 Å². The summed E-state index contributed by atoms with van der Waals surface area (Å²) in [4.78, 5) is 12.6. The Bertz CT molecular complexity index is 3070. The maximum Gasteiger partial charge on any atom is 0.163 e. The second kappa shape index (κ2) is 23.0. The zero-order valence-corrected chi connectivity index (χ0v) is 40.2. The molecule has 69 heavy (non-hydrogen) atoms. The first kappa shape index (κ1) is 45.9. The fourth-order valence-corrected chi connectivity index (χ4v) is 10.3. The molecule has 0 aliphatic heterocycles. The van der Waals surface area contributed by atoms with Crippen molar-refractivity contribution in [3.63, 3.8) is 0 Å². The number of aromatic nitrogens is 3. The van der Waals surface area contributed by atoms with Crippen molar-refractivity contribution in [2.75, 3.05) is 26.4 Å². The molecule has 0 unspecified atom stereocenters. The van der Waals surface area contributed by atoms with Gasteiger partial charge in [0.05, 0.1) is 52.0 Å². The molecule has 0 aliphatic carbocycles. The topological polar surface area (TPSA) is 51.7 Å². The molecule has 0 saturated carbocycles. The molecule has 0 atom stereocenters. The molecule has 10 aromatic rings. The molecule has 0 radical (unpaired) electrons. The number of para-hydroxylation sites is 6. The van der Waals surface area contributed by atoms with Crippen molar-refractivity contribution in [2.24, 2.45) is 0 Å². The Morgan fingerprint density at radius 3 is 0.928 bits per heavy atom. The zero-order valence-electron chi connectivity index (χ0n) is 40.2. The van der Waals surface area contributed by atoms with Gasteiger partial charge in [-0.25, -0.2) is 0 Å². The number of unbranched alkanes of at least 4 members (excludes halogenated alkanes) is 14. The maximum atomic E-state index is 6.60. The third-order valence-electron chi connectivity index (χ3n) is 13.9. The van der Waals surface area contributed by atoms with E-state index < -0.39 is 0 Å². The molecule has 7 heteroatoms. The molecular weight excluding hydrogens is 851 g/mol. The van der Waals surface area contributed by atoms with E-state index in [9.17, 15) is 0 Å². The van der Waals surface area contributed by atoms with Crippen LogP contribution in [0.25, 0.3) is 71.1 Å². The van der Waals surface area contributed by atoms with Gasteiger partial charge in [0.2, 0.25) is 0 Å². The first-order valence-corrected chi connectivity index (χ1v) is 25.9. The van der Waals surface area contributed by atoms with Crippen LogP contribution in [0.1, 0.15) is 103 Å². The van der Waals surface area contributed by atoms with Crippen LogP contribution in [0, 0.1) is 0 Å². The Labute approximate surface area is 407 Å². The quantitative estimate of drug-likeness (QED) is 0.0482. The summed E-state index contributed by atoms with van der Waals surface area (Å²) in [5, 5.41) is 7.50. The number of ether oxygens (including phenoxy) is 2. The van der Waals surface area contributed by atoms with Gasteiger partial charge in [-0.3, -0.25) is 0 Å². The Kier molecular flexibility index (Phi) is 15.3. The highest BCUT2D eigenvalue weighted by molar-refractivity contribution is 6.10. The number of hydrogen-bond acceptors (Lipinski definition) is 4. The minimum atomic E-state index is 0.680. The highest BCUT2D eigenvalue weighted by Gasteiger charge is 2.16. The SMILES string of the molecule is c1ccc2c(c1)c1ccccc1n2OCCCCCCCCCCOc1ccc(-n2c3ccccc3c3ccccc32)cc1OCCCCCCCCCCOn1c2ccccc2c2ccccc21. The third kappa shape index (κ3) is 10.6. The molecule has 0 spiro atoms. The van der Waals surface area contributed by atoms with Gasteiger partial charge in [0.1, 0.15) is 13.2 Å². The lowest BCUT2D eigenvalue weighted by atomic mass is 10.1. The Balaban J connectivity index is 0.648. The van der Waals surface area contributed by atoms with Crippen molar-refractivity contribution in [1.82, 2.24) is 14.0 Å². The first-order chi connectivity index (χ1) is 34.3. The summed E-state index contributed by atoms with van der Waals surface area (Å²) < 4.78 is 19.5. The average molecular weight is 918 g/mol. The van der Waals surface area contributed by atoms with Gasteiger partial charge in [-0.2, -0.15) is 9.46 Å². The molecule has 3 heterocycles. The lowest BCUT2D eigenvalue weighted by Crippen LogP contribution is -2.12. The van der Waals surface area contributed by atoms with Gasteiger partial charge in [0, 0.05) is 38.4 Å². The molecule has 354 valence electrons. The van der Waals surface area contributed by atoms with Crippen molar-refractivity contribution in [3.8, 4) is 17.2 Å². The van der Waals surface area contributed by atoms with E-state index in [4.69, 9.17) is 19.1 Å². The largest absolute Gasteiger partial charge is 0.490 e. The number of hydrogen-bond donors (Lipinski definition) is 0. The van der Waals surface area contributed by atoms with Crippen LogP contribution in [-0.4, -0.2) is 40.5 Å². The molecule has 0 saturated heterocycles. The highest BCUT2D eigenvalue weighted by atomic mass is 16.7. The standard InChI is InChI=1S/C62H67N3O4/c1(3-7-11-27-45-68-64-57-37-21-15-31-51(57)52-32-16-22-38-58(52)64)5-9-25-43-66-61-42-41-48(63-55-35-19-13-29-49(55)50-30-14-20-36-56(50)63)47-62(61)67-44-26-10-6-2-4-8-12-28-46-69-65-59-39-23-17-33-53(59)54-34-18-24-40-60(54)65/h13-24,29-42,47H,1-12,25-28,43-46H2. The summed E-state index contributed by atoms with van der Waals surface area (Å²) >= 11 is 0. The second-order valence-electron chi connectivity index (χ2n) is 18.7. The molecule has 10 rings (SSSR count). The third-order valence-corrected chi connectivity index (χ3v) is 13.9. The van der Waals surface area contributed by atoms with Crippen LogP contribution >= 0.6 is 0 Å². The van der Waals surface area contributed by atoms with E-state index in [-0.39, 0.29) is 0 Å². The van der Waals surface area contributed by atoms with Gasteiger partial charge in [0.15, 0.2) is 11.5 Å². The van der Waals surface area contributed by atoms with Crippen molar-refractivity contribution in [1.29, 1.82) is 0 Å². The van der Waals surface area contributed by atoms with Crippen LogP contribution < -0.4 is 19.1 Å². The predicted molar refractivity (Wildman–Crippen MR) is 287 cm³/mol. The molecular formula is C62H67N3O4. The van der Waals surface area contributed by atoms with Crippen LogP contribution in [0.2, 0.25) is 0 Å².